The van der Waals surface area contributed by atoms with Gasteiger partial charge in [0.25, 0.3) is 17.8 Å². The molecule has 19 rings (SSSR count). The Morgan fingerprint density at radius 3 is 0.866 bits per heavy atom. The Labute approximate surface area is 840 Å². The van der Waals surface area contributed by atoms with Crippen LogP contribution in [0.25, 0.3) is 0 Å². The lowest BCUT2D eigenvalue weighted by Crippen LogP contribution is -2.67. The van der Waals surface area contributed by atoms with Crippen LogP contribution in [0.3, 0.4) is 0 Å². The van der Waals surface area contributed by atoms with Gasteiger partial charge in [0.15, 0.2) is 0 Å². The second kappa shape index (κ2) is 50.0. The van der Waals surface area contributed by atoms with E-state index in [4.69, 9.17) is 14.2 Å². The predicted molar refractivity (Wildman–Crippen MR) is 551 cm³/mol. The van der Waals surface area contributed by atoms with Crippen LogP contribution in [0.5, 0.6) is 0 Å². The quantitative estimate of drug-likeness (QED) is 0.0328. The molecule has 3 saturated heterocycles. The maximum atomic E-state index is 14.5. The highest BCUT2D eigenvalue weighted by atomic mass is 19.3. The molecule has 5 unspecified atom stereocenters. The minimum Gasteiger partial charge on any atom is -0.373 e. The molecule has 8 aromatic rings. The van der Waals surface area contributed by atoms with Crippen molar-refractivity contribution in [1.82, 2.24) is 42.5 Å². The van der Waals surface area contributed by atoms with Gasteiger partial charge in [-0.1, -0.05) is 253 Å². The van der Waals surface area contributed by atoms with Gasteiger partial charge in [0, 0.05) is 49.6 Å². The van der Waals surface area contributed by atoms with Crippen LogP contribution in [-0.4, -0.2) is 108 Å². The van der Waals surface area contributed by atoms with Crippen molar-refractivity contribution in [2.75, 3.05) is 73.7 Å². The lowest BCUT2D eigenvalue weighted by molar-refractivity contribution is -0.218. The Morgan fingerprint density at radius 1 is 0.254 bits per heavy atom. The van der Waals surface area contributed by atoms with E-state index in [0.717, 1.165) is 143 Å². The molecule has 0 amide bonds. The van der Waals surface area contributed by atoms with Gasteiger partial charge in [0.1, 0.15) is 51.5 Å². The van der Waals surface area contributed by atoms with Crippen LogP contribution in [0.1, 0.15) is 329 Å². The van der Waals surface area contributed by atoms with Crippen LogP contribution in [-0.2, 0) is 58.5 Å². The van der Waals surface area contributed by atoms with Gasteiger partial charge >= 0.3 is 0 Å². The standard InChI is InChI=1S/C17H25NO.C16H22FNO.C15H21F2N.C15H20FNO.C15H22FN.C14H18F3N.C14H20FN.C13H16F3N/c1-3-18-17(15-9-5-4-8-14(15)2)11-7-6-10-16(17)12-13-19-16;1-2-18-16(13-6-5-7-14(17)12-13)9-4-3-8-15(16)10-11-19-15;1-3-18-14(10-6-7-11-15(14,16)17)13-9-5-4-8-12(13)2;1-17-15(12-5-4-6-13(16)11-12)8-3-2-7-14(15)9-10-18-14;1-3-17-15(10-5-4-7-12(15)2)13-8-6-9-14(16)11-13;1-2-18-13(8-3-4-9-14(13,16)17)11-6-5-7-12(15)10-11;1-11-6-3-4-9-14(11,16-2)12-7-5-8-13(15)10-12;1-17-12(7-2-3-8-13(12,15)16)10-5-4-6-11(14)9-10/h4-5,8-9,18H,3,6-7,10-13H2,1-2H3;5-7,12,18H,2-4,8-11H2,1H3;4-5,8-9,18H,3,6-7,10-11H2,1-2H3;4-6,11,17H,2-3,7-10H2,1H3;6,8-9,11-12,17H,3-5,7,10H2,1-2H3;5-7,10,18H,2-4,8-9H2,1H3;5,7-8,10-11,16H,3-4,6,9H2,1-2H3;4-6,9,17H,2-3,7-8H2,1H3/t16?,17-;15?,16-;14-;14?,15-;12?,15-;13-;11?,14-;12-/m00001010/s1. The van der Waals surface area contributed by atoms with Crippen molar-refractivity contribution >= 4 is 0 Å². The summed E-state index contributed by atoms with van der Waals surface area (Å²) in [5, 5.41) is 26.7. The number of nitrogens with one attached hydrogen (secondary N) is 8. The number of hydrogen-bond donors (Lipinski definition) is 8. The van der Waals surface area contributed by atoms with Gasteiger partial charge in [-0.25, -0.2) is 52.7 Å². The van der Waals surface area contributed by atoms with Crippen molar-refractivity contribution in [2.24, 2.45) is 11.8 Å². The molecule has 142 heavy (non-hydrogen) atoms. The number of ether oxygens (including phenoxy) is 3. The van der Waals surface area contributed by atoms with Crippen LogP contribution in [0.2, 0.25) is 0 Å². The first-order valence-corrected chi connectivity index (χ1v) is 53.7. The number of likely N-dealkylation sites (N-methyl/N-ethyl adjacent to an activating group) is 3. The maximum absolute atomic E-state index is 14.5. The molecule has 13 atom stereocenters. The summed E-state index contributed by atoms with van der Waals surface area (Å²) < 4.78 is 185. The molecule has 8 N–H and O–H groups in total. The third-order valence-corrected chi connectivity index (χ3v) is 34.3. The number of aryl methyl sites for hydroxylation is 2. The molecule has 8 aliphatic carbocycles. The summed E-state index contributed by atoms with van der Waals surface area (Å²) in [6, 6.07) is 55.6. The molecule has 8 aromatic carbocycles. The fourth-order valence-electron chi connectivity index (χ4n) is 26.9. The van der Waals surface area contributed by atoms with Crippen LogP contribution in [0.4, 0.5) is 52.7 Å². The molecule has 11 aliphatic rings. The Hall–Kier alpha value is -7.52. The Balaban J connectivity index is 0.000000145. The monoisotopic (exact) mass is 1980 g/mol. The normalized spacial score (nSPS) is 30.8. The fraction of sp³-hybridized carbons (Fsp3) is 0.597. The highest BCUT2D eigenvalue weighted by molar-refractivity contribution is 5.41. The van der Waals surface area contributed by atoms with Gasteiger partial charge in [0.05, 0.1) is 53.2 Å². The largest absolute Gasteiger partial charge is 0.373 e. The molecular formula is C119H164F12N8O3. The molecule has 11 nitrogen and oxygen atoms in total. The van der Waals surface area contributed by atoms with Crippen molar-refractivity contribution in [3.05, 3.63) is 285 Å². The summed E-state index contributed by atoms with van der Waals surface area (Å²) in [5.41, 5.74) is 4.90. The van der Waals surface area contributed by atoms with Gasteiger partial charge in [-0.05, 0) is 311 Å². The van der Waals surface area contributed by atoms with E-state index in [9.17, 15) is 52.7 Å². The smallest absolute Gasteiger partial charge is 0.270 e. The molecular weight excluding hydrogens is 1820 g/mol. The SMILES string of the molecule is CCN[C@]1(c2cccc(F)c2)CCCCC1(F)F.CCN[C@]1(c2cccc(F)c2)CCCCC12CCO2.CCN[C@]1(c2cccc(F)c2)CCCCC1C.CCN[C@]1(c2ccccc2C)CCCCC1(F)F.CCN[C@]1(c2ccccc2C)CCCCC12CCO2.CN[C@]1(c2cccc(F)c2)CCCCC1(F)F.CN[C@]1(c2cccc(F)c2)CCCCC12CCO2.CN[C@]1(c2cccc(F)c2)CCCCC1C. The van der Waals surface area contributed by atoms with Gasteiger partial charge in [-0.2, -0.15) is 0 Å². The first kappa shape index (κ1) is 113. The summed E-state index contributed by atoms with van der Waals surface area (Å²) in [5.74, 6) is -8.74. The van der Waals surface area contributed by atoms with E-state index in [1.807, 2.05) is 88.6 Å². The van der Waals surface area contributed by atoms with Crippen molar-refractivity contribution in [2.45, 2.75) is 366 Å². The van der Waals surface area contributed by atoms with Crippen molar-refractivity contribution in [1.29, 1.82) is 0 Å². The second-order valence-corrected chi connectivity index (χ2v) is 41.9. The van der Waals surface area contributed by atoms with E-state index < -0.39 is 46.0 Å². The number of benzene rings is 8. The van der Waals surface area contributed by atoms with E-state index >= 15 is 0 Å². The Morgan fingerprint density at radius 2 is 0.514 bits per heavy atom. The molecule has 3 spiro atoms. The molecule has 11 fully saturated rings. The Bertz CT molecular complexity index is 5180. The van der Waals surface area contributed by atoms with Gasteiger partial charge in [-0.3, -0.25) is 0 Å². The molecule has 3 aliphatic heterocycles. The fourth-order valence-corrected chi connectivity index (χ4v) is 26.9. The first-order valence-electron chi connectivity index (χ1n) is 53.7. The summed E-state index contributed by atoms with van der Waals surface area (Å²) in [4.78, 5) is 0. The third kappa shape index (κ3) is 23.6. The third-order valence-electron chi connectivity index (χ3n) is 34.3. The van der Waals surface area contributed by atoms with Gasteiger partial charge in [-0.15, -0.1) is 0 Å². The van der Waals surface area contributed by atoms with Crippen molar-refractivity contribution < 1.29 is 66.9 Å². The van der Waals surface area contributed by atoms with Crippen molar-refractivity contribution in [3.63, 3.8) is 0 Å². The Kier molecular flexibility index (Phi) is 39.9. The van der Waals surface area contributed by atoms with E-state index in [2.05, 4.69) is 114 Å². The summed E-state index contributed by atoms with van der Waals surface area (Å²) in [7, 11) is 5.48. The van der Waals surface area contributed by atoms with E-state index in [1.165, 1.54) is 175 Å². The average molecular weight is 1980 g/mol. The number of rotatable bonds is 21. The van der Waals surface area contributed by atoms with Crippen LogP contribution < -0.4 is 42.5 Å². The molecule has 0 radical (unpaired) electrons. The lowest BCUT2D eigenvalue weighted by Gasteiger charge is -2.59. The van der Waals surface area contributed by atoms with E-state index in [0.29, 0.717) is 74.6 Å². The average Bonchev–Trinajstić information content (AvgIpc) is 0.724. The minimum absolute atomic E-state index is 0.0187. The van der Waals surface area contributed by atoms with Crippen LogP contribution in [0.15, 0.2) is 194 Å². The topological polar surface area (TPSA) is 124 Å². The summed E-state index contributed by atoms with van der Waals surface area (Å²) >= 11 is 0. The molecule has 0 bridgehead atoms. The molecule has 0 aromatic heterocycles. The number of alkyl halides is 6. The second-order valence-electron chi connectivity index (χ2n) is 41.9. The van der Waals surface area contributed by atoms with E-state index in [1.54, 1.807) is 49.4 Å². The van der Waals surface area contributed by atoms with Crippen LogP contribution >= 0.6 is 0 Å². The molecule has 782 valence electrons. The molecule has 3 heterocycles. The highest BCUT2D eigenvalue weighted by Gasteiger charge is 2.63. The van der Waals surface area contributed by atoms with Gasteiger partial charge in [0.2, 0.25) is 0 Å². The number of hydrogen-bond acceptors (Lipinski definition) is 11. The van der Waals surface area contributed by atoms with E-state index in [-0.39, 0.29) is 87.0 Å². The molecule has 23 heteroatoms. The summed E-state index contributed by atoms with van der Waals surface area (Å²) in [6.45, 7) is 25.2. The lowest BCUT2D eigenvalue weighted by atomic mass is 9.61. The van der Waals surface area contributed by atoms with Gasteiger partial charge < -0.3 is 56.7 Å². The summed E-state index contributed by atoms with van der Waals surface area (Å²) in [6.07, 6.45) is 31.9. The minimum atomic E-state index is -2.84. The predicted octanol–water partition coefficient (Wildman–Crippen LogP) is 28.5. The zero-order chi connectivity index (χ0) is 102. The highest BCUT2D eigenvalue weighted by Crippen LogP contribution is 2.58. The maximum Gasteiger partial charge on any atom is 0.270 e. The molecule has 8 saturated carbocycles. The van der Waals surface area contributed by atoms with Crippen LogP contribution in [0, 0.1) is 60.6 Å². The first-order chi connectivity index (χ1) is 68.1. The zero-order valence-electron chi connectivity index (χ0n) is 86.8. The van der Waals surface area contributed by atoms with Crippen molar-refractivity contribution in [3.8, 4) is 0 Å². The zero-order valence-corrected chi connectivity index (χ0v) is 86.8. The number of halogens is 12.